The summed E-state index contributed by atoms with van der Waals surface area (Å²) in [5.41, 5.74) is -2.10. The average molecular weight is 303 g/mol. The van der Waals surface area contributed by atoms with E-state index < -0.39 is 5.51 Å². The van der Waals surface area contributed by atoms with E-state index in [9.17, 15) is 13.2 Å². The van der Waals surface area contributed by atoms with Crippen molar-refractivity contribution in [1.29, 1.82) is 0 Å². The number of hydrogen-bond acceptors (Lipinski definition) is 3. The fourth-order valence-corrected chi connectivity index (χ4v) is 2.59. The summed E-state index contributed by atoms with van der Waals surface area (Å²) in [7, 11) is 0. The summed E-state index contributed by atoms with van der Waals surface area (Å²) < 4.78 is 38.9. The molecule has 0 amide bonds. The lowest BCUT2D eigenvalue weighted by Gasteiger charge is -2.17. The summed E-state index contributed by atoms with van der Waals surface area (Å²) in [6, 6.07) is 1.38. The van der Waals surface area contributed by atoms with Crippen LogP contribution in [0, 0.1) is 0 Å². The Labute approximate surface area is 119 Å². The molecule has 0 saturated carbocycles. The SMILES string of the molecule is CCc1c(C(C)(C)C)nc2cc(SC(F)(F)F)ncn12. The van der Waals surface area contributed by atoms with E-state index >= 15 is 0 Å². The third kappa shape index (κ3) is 3.08. The van der Waals surface area contributed by atoms with E-state index in [4.69, 9.17) is 0 Å². The Balaban J connectivity index is 2.54. The van der Waals surface area contributed by atoms with Gasteiger partial charge in [0.1, 0.15) is 17.0 Å². The number of aromatic nitrogens is 3. The van der Waals surface area contributed by atoms with Gasteiger partial charge < -0.3 is 0 Å². The predicted octanol–water partition coefficient (Wildman–Crippen LogP) is 4.20. The number of hydrogen-bond donors (Lipinski definition) is 0. The van der Waals surface area contributed by atoms with Crippen molar-refractivity contribution in [2.24, 2.45) is 0 Å². The predicted molar refractivity (Wildman–Crippen MR) is 73.0 cm³/mol. The monoisotopic (exact) mass is 303 g/mol. The van der Waals surface area contributed by atoms with Crippen molar-refractivity contribution in [3.63, 3.8) is 0 Å². The van der Waals surface area contributed by atoms with Gasteiger partial charge in [-0.25, -0.2) is 9.97 Å². The molecule has 0 unspecified atom stereocenters. The van der Waals surface area contributed by atoms with Gasteiger partial charge in [0.2, 0.25) is 0 Å². The molecule has 0 aromatic carbocycles. The van der Waals surface area contributed by atoms with Gasteiger partial charge in [-0.15, -0.1) is 0 Å². The molecule has 0 bridgehead atoms. The molecular formula is C13H16F3N3S. The standard InChI is InChI=1S/C13H16F3N3S/c1-5-8-11(12(2,3)4)18-9-6-10(17-7-19(8)9)20-13(14,15)16/h6-7H,5H2,1-4H3. The summed E-state index contributed by atoms with van der Waals surface area (Å²) in [5.74, 6) is 0. The Morgan fingerprint density at radius 1 is 1.25 bits per heavy atom. The number of fused-ring (bicyclic) bond motifs is 1. The van der Waals surface area contributed by atoms with E-state index in [0.717, 1.165) is 17.8 Å². The van der Waals surface area contributed by atoms with Crippen LogP contribution < -0.4 is 0 Å². The molecule has 7 heteroatoms. The number of nitrogens with zero attached hydrogens (tertiary/aromatic N) is 3. The highest BCUT2D eigenvalue weighted by Gasteiger charge is 2.30. The van der Waals surface area contributed by atoms with Gasteiger partial charge in [0.25, 0.3) is 0 Å². The quantitative estimate of drug-likeness (QED) is 0.615. The molecule has 2 heterocycles. The number of halogens is 3. The number of rotatable bonds is 2. The lowest BCUT2D eigenvalue weighted by molar-refractivity contribution is -0.0329. The minimum absolute atomic E-state index is 0.0851. The number of thioether (sulfide) groups is 1. The smallest absolute Gasteiger partial charge is 0.287 e. The normalized spacial score (nSPS) is 13.2. The molecule has 0 spiro atoms. The number of alkyl halides is 3. The van der Waals surface area contributed by atoms with Crippen molar-refractivity contribution in [1.82, 2.24) is 14.4 Å². The van der Waals surface area contributed by atoms with Gasteiger partial charge in [0, 0.05) is 28.9 Å². The maximum absolute atomic E-state index is 12.4. The van der Waals surface area contributed by atoms with E-state index in [0.29, 0.717) is 5.65 Å². The third-order valence-corrected chi connectivity index (χ3v) is 3.52. The van der Waals surface area contributed by atoms with Crippen LogP contribution in [0.4, 0.5) is 13.2 Å². The zero-order chi connectivity index (χ0) is 15.1. The van der Waals surface area contributed by atoms with Gasteiger partial charge >= 0.3 is 5.51 Å². The summed E-state index contributed by atoms with van der Waals surface area (Å²) in [5, 5.41) is -0.0851. The Bertz CT molecular complexity index is 626. The molecule has 0 radical (unpaired) electrons. The molecule has 2 aromatic heterocycles. The van der Waals surface area contributed by atoms with Gasteiger partial charge in [-0.3, -0.25) is 4.40 Å². The molecule has 0 fully saturated rings. The molecule has 20 heavy (non-hydrogen) atoms. The second kappa shape index (κ2) is 4.95. The second-order valence-electron chi connectivity index (χ2n) is 5.51. The van der Waals surface area contributed by atoms with Crippen LogP contribution in [0.5, 0.6) is 0 Å². The van der Waals surface area contributed by atoms with E-state index in [1.807, 2.05) is 27.7 Å². The van der Waals surface area contributed by atoms with E-state index in [1.54, 1.807) is 4.40 Å². The zero-order valence-electron chi connectivity index (χ0n) is 11.7. The van der Waals surface area contributed by atoms with Crippen LogP contribution in [0.2, 0.25) is 0 Å². The maximum atomic E-state index is 12.4. The van der Waals surface area contributed by atoms with Gasteiger partial charge in [-0.05, 0) is 6.42 Å². The third-order valence-electron chi connectivity index (χ3n) is 2.86. The summed E-state index contributed by atoms with van der Waals surface area (Å²) >= 11 is -0.219. The molecule has 3 nitrogen and oxygen atoms in total. The van der Waals surface area contributed by atoms with Crippen molar-refractivity contribution >= 4 is 17.4 Å². The first kappa shape index (κ1) is 15.2. The van der Waals surface area contributed by atoms with E-state index in [1.165, 1.54) is 12.4 Å². The largest absolute Gasteiger partial charge is 0.447 e. The minimum Gasteiger partial charge on any atom is -0.287 e. The van der Waals surface area contributed by atoms with Crippen LogP contribution in [-0.2, 0) is 11.8 Å². The van der Waals surface area contributed by atoms with E-state index in [2.05, 4.69) is 9.97 Å². The van der Waals surface area contributed by atoms with Crippen molar-refractivity contribution in [2.75, 3.05) is 0 Å². The topological polar surface area (TPSA) is 30.2 Å². The fourth-order valence-electron chi connectivity index (χ4n) is 2.09. The molecule has 0 aliphatic heterocycles. The van der Waals surface area contributed by atoms with Crippen LogP contribution in [-0.4, -0.2) is 19.9 Å². The molecule has 0 aliphatic carbocycles. The fraction of sp³-hybridized carbons (Fsp3) is 0.538. The lowest BCUT2D eigenvalue weighted by atomic mass is 9.90. The highest BCUT2D eigenvalue weighted by molar-refractivity contribution is 8.00. The Morgan fingerprint density at radius 2 is 1.90 bits per heavy atom. The Hall–Kier alpha value is -1.24. The molecule has 2 aromatic rings. The van der Waals surface area contributed by atoms with Gasteiger partial charge in [0.05, 0.1) is 5.69 Å². The van der Waals surface area contributed by atoms with Gasteiger partial charge in [-0.1, -0.05) is 27.7 Å². The van der Waals surface area contributed by atoms with Gasteiger partial charge in [-0.2, -0.15) is 13.2 Å². The van der Waals surface area contributed by atoms with E-state index in [-0.39, 0.29) is 22.2 Å². The van der Waals surface area contributed by atoms with Gasteiger partial charge in [0.15, 0.2) is 0 Å². The minimum atomic E-state index is -4.33. The Morgan fingerprint density at radius 3 is 2.40 bits per heavy atom. The molecule has 0 aliphatic rings. The number of imidazole rings is 1. The van der Waals surface area contributed by atoms with Crippen LogP contribution in [0.1, 0.15) is 39.1 Å². The lowest BCUT2D eigenvalue weighted by Crippen LogP contribution is -2.14. The molecule has 0 atom stereocenters. The number of aryl methyl sites for hydroxylation is 1. The molecular weight excluding hydrogens is 287 g/mol. The summed E-state index contributed by atoms with van der Waals surface area (Å²) in [4.78, 5) is 8.35. The molecule has 0 N–H and O–H groups in total. The Kier molecular flexibility index (Phi) is 3.75. The maximum Gasteiger partial charge on any atom is 0.447 e. The van der Waals surface area contributed by atoms with Crippen molar-refractivity contribution in [2.45, 2.75) is 50.1 Å². The van der Waals surface area contributed by atoms with Crippen LogP contribution in [0.3, 0.4) is 0 Å². The van der Waals surface area contributed by atoms with Crippen LogP contribution >= 0.6 is 11.8 Å². The van der Waals surface area contributed by atoms with Crippen LogP contribution in [0.15, 0.2) is 17.4 Å². The highest BCUT2D eigenvalue weighted by atomic mass is 32.2. The van der Waals surface area contributed by atoms with Crippen molar-refractivity contribution in [3.8, 4) is 0 Å². The van der Waals surface area contributed by atoms with Crippen molar-refractivity contribution in [3.05, 3.63) is 23.8 Å². The average Bonchev–Trinajstić information content (AvgIpc) is 2.64. The molecule has 110 valence electrons. The second-order valence-corrected chi connectivity index (χ2v) is 6.60. The zero-order valence-corrected chi connectivity index (χ0v) is 12.6. The highest BCUT2D eigenvalue weighted by Crippen LogP contribution is 2.36. The van der Waals surface area contributed by atoms with Crippen LogP contribution in [0.25, 0.3) is 5.65 Å². The summed E-state index contributed by atoms with van der Waals surface area (Å²) in [6.07, 6.45) is 2.17. The van der Waals surface area contributed by atoms with Crippen molar-refractivity contribution < 1.29 is 13.2 Å². The first-order chi connectivity index (χ1) is 9.12. The molecule has 0 saturated heterocycles. The molecule has 2 rings (SSSR count). The summed E-state index contributed by atoms with van der Waals surface area (Å²) in [6.45, 7) is 8.10. The first-order valence-corrected chi connectivity index (χ1v) is 7.06. The first-order valence-electron chi connectivity index (χ1n) is 6.25.